The van der Waals surface area contributed by atoms with Crippen LogP contribution in [0.3, 0.4) is 0 Å². The fraction of sp³-hybridized carbons (Fsp3) is 0.364. The number of halogens is 1. The molecule has 1 heterocycles. The van der Waals surface area contributed by atoms with Crippen molar-refractivity contribution in [3.05, 3.63) is 63.6 Å². The average molecular weight is 430 g/mol. The lowest BCUT2D eigenvalue weighted by Gasteiger charge is -2.22. The number of nitrogens with zero attached hydrogens (tertiary/aromatic N) is 1. The first-order valence-electron chi connectivity index (χ1n) is 9.37. The molecule has 0 bridgehead atoms. The van der Waals surface area contributed by atoms with Crippen LogP contribution in [0.5, 0.6) is 0 Å². The average Bonchev–Trinajstić information content (AvgIpc) is 2.87. The molecule has 27 heavy (non-hydrogen) atoms. The van der Waals surface area contributed by atoms with E-state index in [1.54, 1.807) is 23.1 Å². The summed E-state index contributed by atoms with van der Waals surface area (Å²) in [5.74, 6) is -0.653. The van der Waals surface area contributed by atoms with E-state index in [-0.39, 0.29) is 12.2 Å². The molecular formula is C22H24BrNO3. The number of Topliss-reactive ketones (excluding diaryl/α,β-unsaturated/α-hetero) is 1. The van der Waals surface area contributed by atoms with Crippen LogP contribution in [-0.2, 0) is 16.8 Å². The molecule has 5 heteroatoms. The molecule has 4 nitrogen and oxygen atoms in total. The Bertz CT molecular complexity index is 862. The number of anilines is 1. The summed E-state index contributed by atoms with van der Waals surface area (Å²) < 4.78 is 0.768. The molecule has 0 radical (unpaired) electrons. The zero-order chi connectivity index (χ0) is 19.6. The van der Waals surface area contributed by atoms with E-state index in [1.807, 2.05) is 24.3 Å². The standard InChI is InChI=1S/C22H24BrNO3/c1-3-5-12-24-19-11-10-17(23)13-18(19)22(27,21(24)26)14-20(25)16-8-6-15(4-2)7-9-16/h6-11,13,27H,3-5,12,14H2,1-2H3/t22-/m0/s1. The van der Waals surface area contributed by atoms with E-state index in [2.05, 4.69) is 29.8 Å². The fourth-order valence-electron chi connectivity index (χ4n) is 3.49. The number of ketones is 1. The normalized spacial score (nSPS) is 18.7. The lowest BCUT2D eigenvalue weighted by Crippen LogP contribution is -2.42. The van der Waals surface area contributed by atoms with Crippen molar-refractivity contribution in [2.24, 2.45) is 0 Å². The van der Waals surface area contributed by atoms with Gasteiger partial charge < -0.3 is 10.0 Å². The third kappa shape index (κ3) is 3.71. The Morgan fingerprint density at radius 2 is 1.85 bits per heavy atom. The van der Waals surface area contributed by atoms with Gasteiger partial charge in [-0.05, 0) is 36.6 Å². The van der Waals surface area contributed by atoms with Gasteiger partial charge in [-0.3, -0.25) is 9.59 Å². The van der Waals surface area contributed by atoms with Crippen LogP contribution in [0, 0.1) is 0 Å². The number of fused-ring (bicyclic) bond motifs is 1. The smallest absolute Gasteiger partial charge is 0.264 e. The van der Waals surface area contributed by atoms with Crippen LogP contribution >= 0.6 is 15.9 Å². The second kappa shape index (κ2) is 7.95. The minimum atomic E-state index is -1.83. The molecule has 2 aromatic rings. The maximum Gasteiger partial charge on any atom is 0.264 e. The molecule has 0 aromatic heterocycles. The summed E-state index contributed by atoms with van der Waals surface area (Å²) in [5.41, 5.74) is 1.01. The number of carbonyl (C=O) groups excluding carboxylic acids is 2. The molecule has 2 aromatic carbocycles. The number of aliphatic hydroxyl groups is 1. The minimum absolute atomic E-state index is 0.239. The van der Waals surface area contributed by atoms with Crippen LogP contribution in [0.1, 0.15) is 54.6 Å². The van der Waals surface area contributed by atoms with Gasteiger partial charge in [0.2, 0.25) is 0 Å². The number of amides is 1. The largest absolute Gasteiger partial charge is 0.375 e. The summed E-state index contributed by atoms with van der Waals surface area (Å²) in [6.07, 6.45) is 2.41. The van der Waals surface area contributed by atoms with E-state index in [0.717, 1.165) is 29.3 Å². The number of hydrogen-bond donors (Lipinski definition) is 1. The first kappa shape index (κ1) is 19.8. The fourth-order valence-corrected chi connectivity index (χ4v) is 3.85. The van der Waals surface area contributed by atoms with Crippen molar-refractivity contribution in [2.75, 3.05) is 11.4 Å². The Balaban J connectivity index is 1.94. The van der Waals surface area contributed by atoms with Crippen molar-refractivity contribution >= 4 is 33.3 Å². The van der Waals surface area contributed by atoms with Crippen LogP contribution in [-0.4, -0.2) is 23.3 Å². The summed E-state index contributed by atoms with van der Waals surface area (Å²) in [6, 6.07) is 12.8. The molecule has 1 aliphatic heterocycles. The Labute approximate surface area is 168 Å². The Morgan fingerprint density at radius 1 is 1.15 bits per heavy atom. The second-order valence-electron chi connectivity index (χ2n) is 6.98. The van der Waals surface area contributed by atoms with E-state index in [1.165, 1.54) is 0 Å². The number of benzene rings is 2. The van der Waals surface area contributed by atoms with Crippen molar-refractivity contribution in [3.8, 4) is 0 Å². The molecular weight excluding hydrogens is 406 g/mol. The topological polar surface area (TPSA) is 57.6 Å². The van der Waals surface area contributed by atoms with Crippen molar-refractivity contribution in [3.63, 3.8) is 0 Å². The van der Waals surface area contributed by atoms with Crippen molar-refractivity contribution in [2.45, 2.75) is 45.1 Å². The molecule has 0 unspecified atom stereocenters. The number of hydrogen-bond acceptors (Lipinski definition) is 3. The molecule has 1 aliphatic rings. The first-order chi connectivity index (χ1) is 12.9. The molecule has 0 saturated carbocycles. The summed E-state index contributed by atoms with van der Waals surface area (Å²) in [4.78, 5) is 27.5. The van der Waals surface area contributed by atoms with E-state index in [4.69, 9.17) is 0 Å². The predicted molar refractivity (Wildman–Crippen MR) is 110 cm³/mol. The third-order valence-corrected chi connectivity index (χ3v) is 5.62. The van der Waals surface area contributed by atoms with Gasteiger partial charge in [0.1, 0.15) is 0 Å². The van der Waals surface area contributed by atoms with Crippen molar-refractivity contribution < 1.29 is 14.7 Å². The monoisotopic (exact) mass is 429 g/mol. The Morgan fingerprint density at radius 3 is 2.48 bits per heavy atom. The van der Waals surface area contributed by atoms with E-state index in [0.29, 0.717) is 23.4 Å². The van der Waals surface area contributed by atoms with Gasteiger partial charge in [-0.1, -0.05) is 60.5 Å². The van der Waals surface area contributed by atoms with Gasteiger partial charge >= 0.3 is 0 Å². The van der Waals surface area contributed by atoms with Gasteiger partial charge in [0.25, 0.3) is 5.91 Å². The lowest BCUT2D eigenvalue weighted by atomic mass is 9.88. The van der Waals surface area contributed by atoms with E-state index >= 15 is 0 Å². The zero-order valence-corrected chi connectivity index (χ0v) is 17.3. The molecule has 1 atom stereocenters. The van der Waals surface area contributed by atoms with Crippen LogP contribution in [0.2, 0.25) is 0 Å². The van der Waals surface area contributed by atoms with Crippen molar-refractivity contribution in [1.82, 2.24) is 0 Å². The maximum absolute atomic E-state index is 13.1. The first-order valence-corrected chi connectivity index (χ1v) is 10.2. The lowest BCUT2D eigenvalue weighted by molar-refractivity contribution is -0.135. The van der Waals surface area contributed by atoms with Gasteiger partial charge in [-0.2, -0.15) is 0 Å². The van der Waals surface area contributed by atoms with Gasteiger partial charge in [-0.25, -0.2) is 0 Å². The molecule has 0 aliphatic carbocycles. The van der Waals surface area contributed by atoms with Gasteiger partial charge in [0.15, 0.2) is 11.4 Å². The molecule has 142 valence electrons. The highest BCUT2D eigenvalue weighted by molar-refractivity contribution is 9.10. The van der Waals surface area contributed by atoms with E-state index < -0.39 is 11.5 Å². The third-order valence-electron chi connectivity index (χ3n) is 5.13. The quantitative estimate of drug-likeness (QED) is 0.653. The maximum atomic E-state index is 13.1. The van der Waals surface area contributed by atoms with Gasteiger partial charge in [0.05, 0.1) is 12.1 Å². The Hall–Kier alpha value is -1.98. The molecule has 1 N–H and O–H groups in total. The highest BCUT2D eigenvalue weighted by atomic mass is 79.9. The number of rotatable bonds is 7. The highest BCUT2D eigenvalue weighted by Gasteiger charge is 2.50. The molecule has 1 amide bonds. The summed E-state index contributed by atoms with van der Waals surface area (Å²) in [5, 5.41) is 11.3. The molecule has 0 saturated heterocycles. The van der Waals surface area contributed by atoms with Gasteiger partial charge in [-0.15, -0.1) is 0 Å². The number of aryl methyl sites for hydroxylation is 1. The molecule has 0 spiro atoms. The minimum Gasteiger partial charge on any atom is -0.375 e. The SMILES string of the molecule is CCCCN1C(=O)[C@](O)(CC(=O)c2ccc(CC)cc2)c2cc(Br)ccc21. The summed E-state index contributed by atoms with van der Waals surface area (Å²) in [6.45, 7) is 4.64. The summed E-state index contributed by atoms with van der Waals surface area (Å²) in [7, 11) is 0. The predicted octanol–water partition coefficient (Wildman–Crippen LogP) is 4.62. The van der Waals surface area contributed by atoms with Gasteiger partial charge in [0, 0.05) is 22.1 Å². The molecule has 0 fully saturated rings. The summed E-state index contributed by atoms with van der Waals surface area (Å²) >= 11 is 3.41. The Kier molecular flexibility index (Phi) is 5.82. The van der Waals surface area contributed by atoms with Crippen LogP contribution in [0.25, 0.3) is 0 Å². The van der Waals surface area contributed by atoms with Crippen LogP contribution in [0.15, 0.2) is 46.9 Å². The molecule has 3 rings (SSSR count). The highest BCUT2D eigenvalue weighted by Crippen LogP contribution is 2.44. The van der Waals surface area contributed by atoms with E-state index in [9.17, 15) is 14.7 Å². The van der Waals surface area contributed by atoms with Crippen molar-refractivity contribution in [1.29, 1.82) is 0 Å². The van der Waals surface area contributed by atoms with Crippen LogP contribution in [0.4, 0.5) is 5.69 Å². The number of unbranched alkanes of at least 4 members (excludes halogenated alkanes) is 1. The zero-order valence-electron chi connectivity index (χ0n) is 15.7. The number of carbonyl (C=O) groups is 2. The van der Waals surface area contributed by atoms with Crippen LogP contribution < -0.4 is 4.90 Å². The second-order valence-corrected chi connectivity index (χ2v) is 7.90.